The molecule has 0 radical (unpaired) electrons. The maximum atomic E-state index is 9.19. The average molecular weight is 200 g/mol. The smallest absolute Gasteiger partial charge is 0.125 e. The molecule has 0 heterocycles. The molecule has 2 heteroatoms. The van der Waals surface area contributed by atoms with Gasteiger partial charge in [-0.25, -0.2) is 0 Å². The number of aryl methyl sites for hydroxylation is 1. The van der Waals surface area contributed by atoms with Gasteiger partial charge in [0.2, 0.25) is 0 Å². The maximum Gasteiger partial charge on any atom is 0.125 e. The highest BCUT2D eigenvalue weighted by Crippen LogP contribution is 2.40. The SMILES string of the molecule is Cc1ccccc1NC1(C#N)CC(C)C1. The van der Waals surface area contributed by atoms with E-state index < -0.39 is 0 Å². The van der Waals surface area contributed by atoms with Crippen LogP contribution in [0, 0.1) is 24.2 Å². The minimum absolute atomic E-state index is 0.314. The fourth-order valence-electron chi connectivity index (χ4n) is 2.32. The van der Waals surface area contributed by atoms with Gasteiger partial charge in [-0.15, -0.1) is 0 Å². The lowest BCUT2D eigenvalue weighted by atomic mass is 9.70. The van der Waals surface area contributed by atoms with Crippen molar-refractivity contribution in [2.24, 2.45) is 5.92 Å². The van der Waals surface area contributed by atoms with Crippen molar-refractivity contribution in [1.29, 1.82) is 5.26 Å². The number of anilines is 1. The molecule has 1 aromatic carbocycles. The first-order chi connectivity index (χ1) is 7.15. The molecule has 1 aliphatic rings. The van der Waals surface area contributed by atoms with Crippen LogP contribution in [0.2, 0.25) is 0 Å². The Hall–Kier alpha value is -1.49. The standard InChI is InChI=1S/C13H16N2/c1-10-7-13(8-10,9-14)15-12-6-4-3-5-11(12)2/h3-6,10,15H,7-8H2,1-2H3. The minimum atomic E-state index is -0.314. The fraction of sp³-hybridized carbons (Fsp3) is 0.462. The highest BCUT2D eigenvalue weighted by Gasteiger charge is 2.42. The molecule has 0 aliphatic heterocycles. The topological polar surface area (TPSA) is 35.8 Å². The van der Waals surface area contributed by atoms with Gasteiger partial charge in [-0.1, -0.05) is 25.1 Å². The Morgan fingerprint density at radius 3 is 2.60 bits per heavy atom. The second kappa shape index (κ2) is 3.58. The summed E-state index contributed by atoms with van der Waals surface area (Å²) in [5.41, 5.74) is 1.98. The molecule has 2 nitrogen and oxygen atoms in total. The van der Waals surface area contributed by atoms with Crippen LogP contribution in [0.1, 0.15) is 25.3 Å². The van der Waals surface area contributed by atoms with Crippen molar-refractivity contribution in [2.75, 3.05) is 5.32 Å². The molecule has 0 bridgehead atoms. The van der Waals surface area contributed by atoms with E-state index in [9.17, 15) is 5.26 Å². The first-order valence-electron chi connectivity index (χ1n) is 5.40. The Bertz CT molecular complexity index is 397. The molecule has 0 spiro atoms. The van der Waals surface area contributed by atoms with Crippen molar-refractivity contribution >= 4 is 5.69 Å². The molecule has 0 saturated heterocycles. The fourth-order valence-corrected chi connectivity index (χ4v) is 2.32. The van der Waals surface area contributed by atoms with Crippen LogP contribution in [0.3, 0.4) is 0 Å². The lowest BCUT2D eigenvalue weighted by Crippen LogP contribution is -2.48. The van der Waals surface area contributed by atoms with E-state index in [1.165, 1.54) is 5.56 Å². The Morgan fingerprint density at radius 2 is 2.07 bits per heavy atom. The van der Waals surface area contributed by atoms with Crippen molar-refractivity contribution in [1.82, 2.24) is 0 Å². The van der Waals surface area contributed by atoms with Crippen molar-refractivity contribution < 1.29 is 0 Å². The number of benzene rings is 1. The summed E-state index contributed by atoms with van der Waals surface area (Å²) in [5.74, 6) is 0.668. The first kappa shape index (κ1) is 10.0. The van der Waals surface area contributed by atoms with Crippen LogP contribution >= 0.6 is 0 Å². The summed E-state index contributed by atoms with van der Waals surface area (Å²) in [7, 11) is 0. The van der Waals surface area contributed by atoms with Gasteiger partial charge < -0.3 is 5.32 Å². The summed E-state index contributed by atoms with van der Waals surface area (Å²) in [5, 5.41) is 12.6. The Kier molecular flexibility index (Phi) is 2.40. The van der Waals surface area contributed by atoms with Crippen molar-refractivity contribution in [3.8, 4) is 6.07 Å². The summed E-state index contributed by atoms with van der Waals surface area (Å²) >= 11 is 0. The van der Waals surface area contributed by atoms with Gasteiger partial charge in [0.15, 0.2) is 0 Å². The lowest BCUT2D eigenvalue weighted by molar-refractivity contribution is 0.243. The highest BCUT2D eigenvalue weighted by molar-refractivity contribution is 5.54. The van der Waals surface area contributed by atoms with Crippen LogP contribution < -0.4 is 5.32 Å². The van der Waals surface area contributed by atoms with Crippen LogP contribution in [0.5, 0.6) is 0 Å². The quantitative estimate of drug-likeness (QED) is 0.796. The molecule has 1 N–H and O–H groups in total. The summed E-state index contributed by atoms with van der Waals surface area (Å²) in [4.78, 5) is 0. The molecule has 0 amide bonds. The van der Waals surface area contributed by atoms with Gasteiger partial charge in [0, 0.05) is 5.69 Å². The Labute approximate surface area is 90.9 Å². The Balaban J connectivity index is 2.16. The van der Waals surface area contributed by atoms with Crippen molar-refractivity contribution in [3.63, 3.8) is 0 Å². The van der Waals surface area contributed by atoms with Crippen molar-refractivity contribution in [3.05, 3.63) is 29.8 Å². The van der Waals surface area contributed by atoms with E-state index in [0.717, 1.165) is 18.5 Å². The summed E-state index contributed by atoms with van der Waals surface area (Å²) in [6.07, 6.45) is 1.91. The third-order valence-electron chi connectivity index (χ3n) is 3.13. The van der Waals surface area contributed by atoms with E-state index in [1.807, 2.05) is 18.2 Å². The molecular formula is C13H16N2. The maximum absolute atomic E-state index is 9.19. The average Bonchev–Trinajstić information content (AvgIpc) is 2.18. The summed E-state index contributed by atoms with van der Waals surface area (Å²) < 4.78 is 0. The van der Waals surface area contributed by atoms with Gasteiger partial charge in [0.1, 0.15) is 5.54 Å². The highest BCUT2D eigenvalue weighted by atomic mass is 15.0. The molecule has 15 heavy (non-hydrogen) atoms. The lowest BCUT2D eigenvalue weighted by Gasteiger charge is -2.42. The number of para-hydroxylation sites is 1. The molecule has 78 valence electrons. The number of nitrogens with zero attached hydrogens (tertiary/aromatic N) is 1. The van der Waals surface area contributed by atoms with E-state index in [2.05, 4.69) is 31.3 Å². The van der Waals surface area contributed by atoms with Gasteiger partial charge in [-0.2, -0.15) is 5.26 Å². The molecule has 1 aliphatic carbocycles. The molecule has 0 aromatic heterocycles. The second-order valence-electron chi connectivity index (χ2n) is 4.65. The van der Waals surface area contributed by atoms with Crippen LogP contribution in [0.4, 0.5) is 5.69 Å². The predicted molar refractivity (Wildman–Crippen MR) is 61.5 cm³/mol. The molecule has 1 aromatic rings. The largest absolute Gasteiger partial charge is 0.367 e. The number of hydrogen-bond donors (Lipinski definition) is 1. The summed E-state index contributed by atoms with van der Waals surface area (Å²) in [6, 6.07) is 10.5. The van der Waals surface area contributed by atoms with Gasteiger partial charge in [0.05, 0.1) is 6.07 Å². The van der Waals surface area contributed by atoms with E-state index in [1.54, 1.807) is 0 Å². The van der Waals surface area contributed by atoms with Gasteiger partial charge in [0.25, 0.3) is 0 Å². The van der Waals surface area contributed by atoms with Crippen molar-refractivity contribution in [2.45, 2.75) is 32.2 Å². The van der Waals surface area contributed by atoms with Crippen LogP contribution in [0.15, 0.2) is 24.3 Å². The second-order valence-corrected chi connectivity index (χ2v) is 4.65. The normalized spacial score (nSPS) is 29.0. The zero-order valence-electron chi connectivity index (χ0n) is 9.25. The molecular weight excluding hydrogens is 184 g/mol. The molecule has 0 unspecified atom stereocenters. The first-order valence-corrected chi connectivity index (χ1v) is 5.40. The number of hydrogen-bond acceptors (Lipinski definition) is 2. The molecule has 0 atom stereocenters. The van der Waals surface area contributed by atoms with E-state index >= 15 is 0 Å². The van der Waals surface area contributed by atoms with E-state index in [4.69, 9.17) is 0 Å². The zero-order valence-corrected chi connectivity index (χ0v) is 9.25. The van der Waals surface area contributed by atoms with Gasteiger partial charge in [-0.05, 0) is 37.3 Å². The van der Waals surface area contributed by atoms with E-state index in [0.29, 0.717) is 5.92 Å². The Morgan fingerprint density at radius 1 is 1.40 bits per heavy atom. The molecule has 2 rings (SSSR count). The minimum Gasteiger partial charge on any atom is -0.367 e. The summed E-state index contributed by atoms with van der Waals surface area (Å²) in [6.45, 7) is 4.25. The van der Waals surface area contributed by atoms with Gasteiger partial charge in [-0.3, -0.25) is 0 Å². The van der Waals surface area contributed by atoms with Crippen LogP contribution in [-0.2, 0) is 0 Å². The van der Waals surface area contributed by atoms with Gasteiger partial charge >= 0.3 is 0 Å². The van der Waals surface area contributed by atoms with Crippen LogP contribution in [-0.4, -0.2) is 5.54 Å². The predicted octanol–water partition coefficient (Wildman–Crippen LogP) is 3.10. The molecule has 1 fully saturated rings. The van der Waals surface area contributed by atoms with E-state index in [-0.39, 0.29) is 5.54 Å². The number of nitrogens with one attached hydrogen (secondary N) is 1. The third-order valence-corrected chi connectivity index (χ3v) is 3.13. The molecule has 1 saturated carbocycles. The zero-order chi connectivity index (χ0) is 10.9. The monoisotopic (exact) mass is 200 g/mol. The van der Waals surface area contributed by atoms with Crippen LogP contribution in [0.25, 0.3) is 0 Å². The number of nitriles is 1. The number of rotatable bonds is 2. The third kappa shape index (κ3) is 1.83.